The van der Waals surface area contributed by atoms with Gasteiger partial charge in [0.05, 0.1) is 18.5 Å². The van der Waals surface area contributed by atoms with Crippen LogP contribution in [0.1, 0.15) is 21.7 Å². The number of methoxy groups -OCH3 is 1. The van der Waals surface area contributed by atoms with Crippen molar-refractivity contribution in [1.82, 2.24) is 14.8 Å². The summed E-state index contributed by atoms with van der Waals surface area (Å²) in [6.07, 6.45) is 0. The Kier molecular flexibility index (Phi) is 3.77. The van der Waals surface area contributed by atoms with Crippen molar-refractivity contribution >= 4 is 17.3 Å². The Labute approximate surface area is 132 Å². The van der Waals surface area contributed by atoms with Gasteiger partial charge in [0.2, 0.25) is 5.13 Å². The highest BCUT2D eigenvalue weighted by atomic mass is 32.1. The monoisotopic (exact) mass is 313 g/mol. The Bertz CT molecular complexity index is 818. The highest BCUT2D eigenvalue weighted by Gasteiger charge is 2.18. The number of hydrogen-bond donors (Lipinski definition) is 0. The molecule has 22 heavy (non-hydrogen) atoms. The second-order valence-corrected chi connectivity index (χ2v) is 5.79. The lowest BCUT2D eigenvalue weighted by Gasteiger charge is -2.01. The summed E-state index contributed by atoms with van der Waals surface area (Å²) >= 11 is 1.44. The van der Waals surface area contributed by atoms with Gasteiger partial charge in [-0.25, -0.2) is 9.78 Å². The average Bonchev–Trinajstić information content (AvgIpc) is 3.13. The molecule has 0 N–H and O–H groups in total. The summed E-state index contributed by atoms with van der Waals surface area (Å²) in [6.45, 7) is 3.88. The van der Waals surface area contributed by atoms with Crippen molar-refractivity contribution in [1.29, 1.82) is 0 Å². The topological polar surface area (TPSA) is 57.0 Å². The quantitative estimate of drug-likeness (QED) is 0.695. The molecule has 0 spiro atoms. The summed E-state index contributed by atoms with van der Waals surface area (Å²) in [6, 6.07) is 9.85. The molecule has 0 aliphatic heterocycles. The minimum Gasteiger partial charge on any atom is -0.464 e. The fraction of sp³-hybridized carbons (Fsp3) is 0.188. The molecule has 0 radical (unpaired) electrons. The smallest absolute Gasteiger partial charge is 0.356 e. The van der Waals surface area contributed by atoms with Gasteiger partial charge in [-0.1, -0.05) is 29.8 Å². The fourth-order valence-electron chi connectivity index (χ4n) is 2.11. The Morgan fingerprint density at radius 2 is 1.95 bits per heavy atom. The fourth-order valence-corrected chi connectivity index (χ4v) is 2.91. The van der Waals surface area contributed by atoms with Gasteiger partial charge in [-0.15, -0.1) is 11.3 Å². The zero-order valence-electron chi connectivity index (χ0n) is 12.5. The van der Waals surface area contributed by atoms with Crippen LogP contribution < -0.4 is 0 Å². The van der Waals surface area contributed by atoms with E-state index >= 15 is 0 Å². The maximum absolute atomic E-state index is 11.8. The summed E-state index contributed by atoms with van der Waals surface area (Å²) in [5.74, 6) is -0.423. The third-order valence-corrected chi connectivity index (χ3v) is 4.06. The van der Waals surface area contributed by atoms with E-state index in [-0.39, 0.29) is 0 Å². The summed E-state index contributed by atoms with van der Waals surface area (Å²) in [4.78, 5) is 16.4. The van der Waals surface area contributed by atoms with Crippen molar-refractivity contribution in [2.75, 3.05) is 7.11 Å². The normalized spacial score (nSPS) is 10.7. The summed E-state index contributed by atoms with van der Waals surface area (Å²) in [5.41, 5.74) is 4.23. The first-order chi connectivity index (χ1) is 10.6. The van der Waals surface area contributed by atoms with Crippen LogP contribution in [0, 0.1) is 13.8 Å². The van der Waals surface area contributed by atoms with Crippen LogP contribution in [0.5, 0.6) is 0 Å². The standard InChI is InChI=1S/C16H15N3O2S/c1-10-4-6-12(7-5-10)13-9-22-16(17-13)19-14(15(20)21-3)8-11(2)18-19/h4-9H,1-3H3. The molecule has 0 fully saturated rings. The number of nitrogens with zero attached hydrogens (tertiary/aromatic N) is 3. The number of carbonyl (C=O) groups excluding carboxylic acids is 1. The lowest BCUT2D eigenvalue weighted by molar-refractivity contribution is 0.0590. The number of ether oxygens (including phenoxy) is 1. The van der Waals surface area contributed by atoms with Crippen molar-refractivity contribution in [3.05, 3.63) is 52.7 Å². The second-order valence-electron chi connectivity index (χ2n) is 4.96. The predicted octanol–water partition coefficient (Wildman–Crippen LogP) is 3.40. The Balaban J connectivity index is 2.01. The molecule has 5 nitrogen and oxygen atoms in total. The van der Waals surface area contributed by atoms with E-state index in [1.165, 1.54) is 28.7 Å². The summed E-state index contributed by atoms with van der Waals surface area (Å²) in [7, 11) is 1.36. The SMILES string of the molecule is COC(=O)c1cc(C)nn1-c1nc(-c2ccc(C)cc2)cs1. The zero-order chi connectivity index (χ0) is 15.7. The molecule has 0 saturated heterocycles. The molecule has 6 heteroatoms. The van der Waals surface area contributed by atoms with E-state index in [1.54, 1.807) is 6.07 Å². The Hall–Kier alpha value is -2.47. The Morgan fingerprint density at radius 3 is 2.64 bits per heavy atom. The highest BCUT2D eigenvalue weighted by molar-refractivity contribution is 7.12. The van der Waals surface area contributed by atoms with E-state index in [1.807, 2.05) is 43.5 Å². The van der Waals surface area contributed by atoms with Crippen molar-refractivity contribution < 1.29 is 9.53 Å². The number of carbonyl (C=O) groups is 1. The van der Waals surface area contributed by atoms with Crippen LogP contribution in [0.15, 0.2) is 35.7 Å². The van der Waals surface area contributed by atoms with Crippen LogP contribution in [0.25, 0.3) is 16.4 Å². The molecule has 3 aromatic rings. The number of thiazole rings is 1. The molecule has 0 bridgehead atoms. The molecule has 112 valence electrons. The molecule has 2 heterocycles. The number of rotatable bonds is 3. The number of hydrogen-bond acceptors (Lipinski definition) is 5. The average molecular weight is 313 g/mol. The van der Waals surface area contributed by atoms with Crippen molar-refractivity contribution in [3.63, 3.8) is 0 Å². The van der Waals surface area contributed by atoms with Crippen LogP contribution in [-0.4, -0.2) is 27.8 Å². The lowest BCUT2D eigenvalue weighted by Crippen LogP contribution is -2.10. The lowest BCUT2D eigenvalue weighted by atomic mass is 10.1. The van der Waals surface area contributed by atoms with E-state index in [4.69, 9.17) is 4.74 Å². The van der Waals surface area contributed by atoms with Gasteiger partial charge >= 0.3 is 5.97 Å². The third kappa shape index (κ3) is 2.65. The van der Waals surface area contributed by atoms with Crippen LogP contribution in [0.3, 0.4) is 0 Å². The number of aryl methyl sites for hydroxylation is 2. The first-order valence-electron chi connectivity index (χ1n) is 6.76. The van der Waals surface area contributed by atoms with Crippen LogP contribution in [-0.2, 0) is 4.74 Å². The molecule has 3 rings (SSSR count). The number of esters is 1. The van der Waals surface area contributed by atoms with Gasteiger partial charge in [-0.05, 0) is 19.9 Å². The molecule has 0 atom stereocenters. The maximum Gasteiger partial charge on any atom is 0.356 e. The van der Waals surface area contributed by atoms with Crippen molar-refractivity contribution in [3.8, 4) is 16.4 Å². The largest absolute Gasteiger partial charge is 0.464 e. The minimum absolute atomic E-state index is 0.379. The third-order valence-electron chi connectivity index (χ3n) is 3.25. The maximum atomic E-state index is 11.8. The van der Waals surface area contributed by atoms with E-state index in [2.05, 4.69) is 10.1 Å². The van der Waals surface area contributed by atoms with Crippen LogP contribution in [0.4, 0.5) is 0 Å². The van der Waals surface area contributed by atoms with Crippen molar-refractivity contribution in [2.45, 2.75) is 13.8 Å². The molecule has 0 unspecified atom stereocenters. The summed E-state index contributed by atoms with van der Waals surface area (Å²) < 4.78 is 6.32. The zero-order valence-corrected chi connectivity index (χ0v) is 13.3. The van der Waals surface area contributed by atoms with Gasteiger partial charge in [0.25, 0.3) is 0 Å². The molecular formula is C16H15N3O2S. The van der Waals surface area contributed by atoms with Gasteiger partial charge < -0.3 is 4.74 Å². The van der Waals surface area contributed by atoms with Gasteiger partial charge in [0.15, 0.2) is 5.69 Å². The van der Waals surface area contributed by atoms with E-state index in [0.717, 1.165) is 17.0 Å². The second kappa shape index (κ2) is 5.73. The van der Waals surface area contributed by atoms with Crippen LogP contribution in [0.2, 0.25) is 0 Å². The Morgan fingerprint density at radius 1 is 1.23 bits per heavy atom. The van der Waals surface area contributed by atoms with E-state index in [9.17, 15) is 4.79 Å². The summed E-state index contributed by atoms with van der Waals surface area (Å²) in [5, 5.41) is 6.93. The van der Waals surface area contributed by atoms with Crippen molar-refractivity contribution in [2.24, 2.45) is 0 Å². The van der Waals surface area contributed by atoms with E-state index in [0.29, 0.717) is 10.8 Å². The van der Waals surface area contributed by atoms with Gasteiger partial charge in [0, 0.05) is 10.9 Å². The van der Waals surface area contributed by atoms with E-state index < -0.39 is 5.97 Å². The molecule has 0 aliphatic carbocycles. The first kappa shape index (κ1) is 14.5. The van der Waals surface area contributed by atoms with Gasteiger partial charge in [-0.2, -0.15) is 9.78 Å². The molecule has 1 aromatic carbocycles. The predicted molar refractivity (Wildman–Crippen MR) is 85.5 cm³/mol. The molecule has 0 amide bonds. The first-order valence-corrected chi connectivity index (χ1v) is 7.64. The minimum atomic E-state index is -0.423. The van der Waals surface area contributed by atoms with Gasteiger partial charge in [-0.3, -0.25) is 0 Å². The number of benzene rings is 1. The van der Waals surface area contributed by atoms with Gasteiger partial charge in [0.1, 0.15) is 0 Å². The molecule has 0 saturated carbocycles. The van der Waals surface area contributed by atoms with Crippen LogP contribution >= 0.6 is 11.3 Å². The highest BCUT2D eigenvalue weighted by Crippen LogP contribution is 2.25. The number of aromatic nitrogens is 3. The molecule has 0 aliphatic rings. The molecule has 2 aromatic heterocycles. The molecular weight excluding hydrogens is 298 g/mol.